The van der Waals surface area contributed by atoms with Crippen LogP contribution in [0, 0.1) is 16.0 Å². The quantitative estimate of drug-likeness (QED) is 0.645. The molecule has 0 heterocycles. The molecule has 1 atom stereocenters. The second-order valence-electron chi connectivity index (χ2n) is 4.15. The molecule has 1 N–H and O–H groups in total. The van der Waals surface area contributed by atoms with Crippen molar-refractivity contribution in [2.75, 3.05) is 11.4 Å². The first-order valence-corrected chi connectivity index (χ1v) is 5.58. The maximum Gasteiger partial charge on any atom is 0.308 e. The standard InChI is InChI=1S/C12H14N2O5/c1-8(12(16)17)7-13(9(2)15)10-4-3-5-11(6-10)14(18)19/h3-6,8H,7H2,1-2H3,(H,16,17). The van der Waals surface area contributed by atoms with E-state index in [4.69, 9.17) is 5.11 Å². The molecule has 0 saturated carbocycles. The first-order chi connectivity index (χ1) is 8.82. The molecule has 1 amide bonds. The van der Waals surface area contributed by atoms with Gasteiger partial charge in [0.2, 0.25) is 5.91 Å². The monoisotopic (exact) mass is 266 g/mol. The zero-order chi connectivity index (χ0) is 14.6. The number of anilines is 1. The smallest absolute Gasteiger partial charge is 0.308 e. The van der Waals surface area contributed by atoms with Crippen LogP contribution in [0.1, 0.15) is 13.8 Å². The molecule has 19 heavy (non-hydrogen) atoms. The number of aliphatic carboxylic acids is 1. The van der Waals surface area contributed by atoms with Crippen LogP contribution in [0.25, 0.3) is 0 Å². The Bertz CT molecular complexity index is 515. The molecule has 102 valence electrons. The summed E-state index contributed by atoms with van der Waals surface area (Å²) in [5, 5.41) is 19.5. The third-order valence-electron chi connectivity index (χ3n) is 2.61. The van der Waals surface area contributed by atoms with Gasteiger partial charge in [-0.25, -0.2) is 0 Å². The number of benzene rings is 1. The third-order valence-corrected chi connectivity index (χ3v) is 2.61. The van der Waals surface area contributed by atoms with E-state index in [1.165, 1.54) is 43.0 Å². The molecule has 0 bridgehead atoms. The van der Waals surface area contributed by atoms with Gasteiger partial charge >= 0.3 is 5.97 Å². The van der Waals surface area contributed by atoms with E-state index in [9.17, 15) is 19.7 Å². The zero-order valence-electron chi connectivity index (χ0n) is 10.6. The summed E-state index contributed by atoms with van der Waals surface area (Å²) in [4.78, 5) is 33.7. The summed E-state index contributed by atoms with van der Waals surface area (Å²) in [6, 6.07) is 5.54. The summed E-state index contributed by atoms with van der Waals surface area (Å²) >= 11 is 0. The number of carboxylic acid groups (broad SMARTS) is 1. The predicted octanol–water partition coefficient (Wildman–Crippen LogP) is 1.67. The summed E-state index contributed by atoms with van der Waals surface area (Å²) in [6.45, 7) is 2.72. The number of hydrogen-bond donors (Lipinski definition) is 1. The van der Waals surface area contributed by atoms with Crippen molar-refractivity contribution in [2.45, 2.75) is 13.8 Å². The zero-order valence-corrected chi connectivity index (χ0v) is 10.6. The lowest BCUT2D eigenvalue weighted by Crippen LogP contribution is -2.35. The molecule has 7 nitrogen and oxygen atoms in total. The number of amides is 1. The number of carboxylic acids is 1. The molecule has 0 fully saturated rings. The number of nitro benzene ring substituents is 1. The molecule has 0 spiro atoms. The number of rotatable bonds is 5. The fraction of sp³-hybridized carbons (Fsp3) is 0.333. The largest absolute Gasteiger partial charge is 0.481 e. The van der Waals surface area contributed by atoms with Gasteiger partial charge in [0.25, 0.3) is 5.69 Å². The molecule has 1 aromatic rings. The molecule has 0 saturated heterocycles. The van der Waals surface area contributed by atoms with E-state index in [-0.39, 0.29) is 18.1 Å². The van der Waals surface area contributed by atoms with Gasteiger partial charge in [-0.1, -0.05) is 13.0 Å². The van der Waals surface area contributed by atoms with Gasteiger partial charge < -0.3 is 10.0 Å². The van der Waals surface area contributed by atoms with Crippen molar-refractivity contribution >= 4 is 23.3 Å². The molecule has 1 rings (SSSR count). The number of nitrogens with zero attached hydrogens (tertiary/aromatic N) is 2. The van der Waals surface area contributed by atoms with Gasteiger partial charge in [-0.3, -0.25) is 19.7 Å². The van der Waals surface area contributed by atoms with Crippen molar-refractivity contribution in [2.24, 2.45) is 5.92 Å². The molecule has 1 unspecified atom stereocenters. The minimum absolute atomic E-state index is 0.0359. The molecule has 7 heteroatoms. The van der Waals surface area contributed by atoms with E-state index in [1.807, 2.05) is 0 Å². The lowest BCUT2D eigenvalue weighted by atomic mass is 10.1. The minimum atomic E-state index is -1.03. The highest BCUT2D eigenvalue weighted by Crippen LogP contribution is 2.22. The van der Waals surface area contributed by atoms with E-state index in [2.05, 4.69) is 0 Å². The Balaban J connectivity index is 3.06. The van der Waals surface area contributed by atoms with Gasteiger partial charge in [0.1, 0.15) is 0 Å². The van der Waals surface area contributed by atoms with E-state index in [0.717, 1.165) is 0 Å². The number of non-ortho nitro benzene ring substituents is 1. The molecule has 0 aromatic heterocycles. The SMILES string of the molecule is CC(=O)N(CC(C)C(=O)O)c1cccc([N+](=O)[O-])c1. The fourth-order valence-corrected chi connectivity index (χ4v) is 1.54. The topological polar surface area (TPSA) is 101 Å². The van der Waals surface area contributed by atoms with E-state index in [1.54, 1.807) is 0 Å². The van der Waals surface area contributed by atoms with Crippen molar-refractivity contribution in [1.82, 2.24) is 0 Å². The van der Waals surface area contributed by atoms with Crippen LogP contribution in [0.15, 0.2) is 24.3 Å². The highest BCUT2D eigenvalue weighted by molar-refractivity contribution is 5.92. The second kappa shape index (κ2) is 5.94. The Morgan fingerprint density at radius 1 is 1.47 bits per heavy atom. The minimum Gasteiger partial charge on any atom is -0.481 e. The average molecular weight is 266 g/mol. The molecular weight excluding hydrogens is 252 g/mol. The van der Waals surface area contributed by atoms with Crippen LogP contribution < -0.4 is 4.90 Å². The molecule has 1 aromatic carbocycles. The summed E-state index contributed by atoms with van der Waals surface area (Å²) in [7, 11) is 0. The first-order valence-electron chi connectivity index (χ1n) is 5.58. The third kappa shape index (κ3) is 3.77. The molecular formula is C12H14N2O5. The Morgan fingerprint density at radius 2 is 2.11 bits per heavy atom. The first kappa shape index (κ1) is 14.6. The number of carbonyl (C=O) groups is 2. The van der Waals surface area contributed by atoms with Crippen LogP contribution in [0.4, 0.5) is 11.4 Å². The average Bonchev–Trinajstić information content (AvgIpc) is 2.35. The number of carbonyl (C=O) groups excluding carboxylic acids is 1. The van der Waals surface area contributed by atoms with Crippen LogP contribution in [0.2, 0.25) is 0 Å². The number of hydrogen-bond acceptors (Lipinski definition) is 4. The van der Waals surface area contributed by atoms with Gasteiger partial charge in [0.15, 0.2) is 0 Å². The van der Waals surface area contributed by atoms with Crippen molar-refractivity contribution in [3.63, 3.8) is 0 Å². The van der Waals surface area contributed by atoms with Gasteiger partial charge in [-0.05, 0) is 6.07 Å². The highest BCUT2D eigenvalue weighted by atomic mass is 16.6. The Kier molecular flexibility index (Phi) is 4.57. The Hall–Kier alpha value is -2.44. The molecule has 0 aliphatic heterocycles. The summed E-state index contributed by atoms with van der Waals surface area (Å²) in [6.07, 6.45) is 0. The molecule has 0 aliphatic rings. The predicted molar refractivity (Wildman–Crippen MR) is 67.9 cm³/mol. The Morgan fingerprint density at radius 3 is 2.58 bits per heavy atom. The van der Waals surface area contributed by atoms with Gasteiger partial charge in [0.05, 0.1) is 16.5 Å². The van der Waals surface area contributed by atoms with E-state index < -0.39 is 16.8 Å². The molecule has 0 radical (unpaired) electrons. The fourth-order valence-electron chi connectivity index (χ4n) is 1.54. The molecule has 0 aliphatic carbocycles. The summed E-state index contributed by atoms with van der Waals surface area (Å²) < 4.78 is 0. The summed E-state index contributed by atoms with van der Waals surface area (Å²) in [5.74, 6) is -2.16. The van der Waals surface area contributed by atoms with Gasteiger partial charge in [-0.2, -0.15) is 0 Å². The van der Waals surface area contributed by atoms with Crippen molar-refractivity contribution in [1.29, 1.82) is 0 Å². The highest BCUT2D eigenvalue weighted by Gasteiger charge is 2.20. The maximum atomic E-state index is 11.5. The normalized spacial score (nSPS) is 11.7. The van der Waals surface area contributed by atoms with Crippen LogP contribution in [-0.4, -0.2) is 28.5 Å². The number of nitro groups is 1. The van der Waals surface area contributed by atoms with E-state index in [0.29, 0.717) is 5.69 Å². The Labute approximate surface area is 109 Å². The van der Waals surface area contributed by atoms with Crippen LogP contribution in [-0.2, 0) is 9.59 Å². The van der Waals surface area contributed by atoms with Crippen LogP contribution in [0.5, 0.6) is 0 Å². The second-order valence-corrected chi connectivity index (χ2v) is 4.15. The summed E-state index contributed by atoms with van der Waals surface area (Å²) in [5.41, 5.74) is 0.168. The van der Waals surface area contributed by atoms with Crippen molar-refractivity contribution in [3.8, 4) is 0 Å². The van der Waals surface area contributed by atoms with Crippen molar-refractivity contribution in [3.05, 3.63) is 34.4 Å². The van der Waals surface area contributed by atoms with Crippen molar-refractivity contribution < 1.29 is 19.6 Å². The lowest BCUT2D eigenvalue weighted by molar-refractivity contribution is -0.384. The van der Waals surface area contributed by atoms with Crippen LogP contribution >= 0.6 is 0 Å². The van der Waals surface area contributed by atoms with Gasteiger partial charge in [0, 0.05) is 25.6 Å². The van der Waals surface area contributed by atoms with Crippen LogP contribution in [0.3, 0.4) is 0 Å². The maximum absolute atomic E-state index is 11.5. The van der Waals surface area contributed by atoms with Gasteiger partial charge in [-0.15, -0.1) is 0 Å². The lowest BCUT2D eigenvalue weighted by Gasteiger charge is -2.22. The van der Waals surface area contributed by atoms with E-state index >= 15 is 0 Å².